The predicted molar refractivity (Wildman–Crippen MR) is 69.6 cm³/mol. The van der Waals surface area contributed by atoms with Crippen LogP contribution >= 0.6 is 23.2 Å². The fourth-order valence-corrected chi connectivity index (χ4v) is 1.58. The Hall–Kier alpha value is -2.19. The van der Waals surface area contributed by atoms with Crippen LogP contribution < -0.4 is 9.47 Å². The van der Waals surface area contributed by atoms with E-state index in [9.17, 15) is 10.1 Å². The largest absolute Gasteiger partial charge is 0.467 e. The molecule has 0 atom stereocenters. The highest BCUT2D eigenvalue weighted by molar-refractivity contribution is 6.30. The number of nitrogens with zero attached hydrogens (tertiary/aromatic N) is 4. The molecule has 0 bridgehead atoms. The molecule has 20 heavy (non-hydrogen) atoms. The van der Waals surface area contributed by atoms with E-state index in [2.05, 4.69) is 15.0 Å². The lowest BCUT2D eigenvalue weighted by molar-refractivity contribution is -0.385. The zero-order valence-electron chi connectivity index (χ0n) is 9.91. The maximum absolute atomic E-state index is 10.9. The van der Waals surface area contributed by atoms with Crippen molar-refractivity contribution in [2.24, 2.45) is 0 Å². The molecule has 1 aromatic heterocycles. The highest BCUT2D eigenvalue weighted by atomic mass is 35.5. The van der Waals surface area contributed by atoms with Crippen LogP contribution in [0.4, 0.5) is 5.69 Å². The third-order valence-electron chi connectivity index (χ3n) is 2.07. The van der Waals surface area contributed by atoms with E-state index in [0.29, 0.717) is 0 Å². The van der Waals surface area contributed by atoms with Gasteiger partial charge in [0.2, 0.25) is 11.0 Å². The summed E-state index contributed by atoms with van der Waals surface area (Å²) in [4.78, 5) is 21.4. The van der Waals surface area contributed by atoms with Crippen molar-refractivity contribution in [3.8, 4) is 17.8 Å². The van der Waals surface area contributed by atoms with Gasteiger partial charge in [0.15, 0.2) is 0 Å². The Kier molecular flexibility index (Phi) is 4.16. The van der Waals surface area contributed by atoms with E-state index in [0.717, 1.165) is 6.07 Å². The smallest absolute Gasteiger partial charge is 0.329 e. The number of halogens is 2. The molecule has 10 heteroatoms. The van der Waals surface area contributed by atoms with Crippen LogP contribution in [0.1, 0.15) is 0 Å². The van der Waals surface area contributed by atoms with Gasteiger partial charge in [-0.3, -0.25) is 10.1 Å². The second-order valence-electron chi connectivity index (χ2n) is 3.34. The maximum Gasteiger partial charge on any atom is 0.329 e. The topological polar surface area (TPSA) is 100 Å². The van der Waals surface area contributed by atoms with Crippen LogP contribution in [0, 0.1) is 10.1 Å². The Bertz CT molecular complexity index is 668. The Labute approximate surface area is 122 Å². The standard InChI is InChI=1S/C10H6Cl2N4O4/c1-19-9-13-8(12)14-10(15-9)20-7-3-2-5(11)4-6(7)16(17)18/h2-4H,1H3. The molecule has 0 aliphatic heterocycles. The molecule has 1 heterocycles. The lowest BCUT2D eigenvalue weighted by Crippen LogP contribution is -2.00. The third kappa shape index (κ3) is 3.22. The van der Waals surface area contributed by atoms with E-state index in [1.54, 1.807) is 0 Å². The second kappa shape index (κ2) is 5.85. The fourth-order valence-electron chi connectivity index (χ4n) is 1.27. The van der Waals surface area contributed by atoms with Crippen molar-refractivity contribution in [2.45, 2.75) is 0 Å². The second-order valence-corrected chi connectivity index (χ2v) is 4.12. The lowest BCUT2D eigenvalue weighted by atomic mass is 10.3. The van der Waals surface area contributed by atoms with Crippen LogP contribution in [0.25, 0.3) is 0 Å². The zero-order chi connectivity index (χ0) is 14.7. The lowest BCUT2D eigenvalue weighted by Gasteiger charge is -2.05. The van der Waals surface area contributed by atoms with E-state index in [-0.39, 0.29) is 33.8 Å². The van der Waals surface area contributed by atoms with Gasteiger partial charge in [0.05, 0.1) is 12.0 Å². The molecule has 0 saturated heterocycles. The summed E-state index contributed by atoms with van der Waals surface area (Å²) in [6.07, 6.45) is 0. The zero-order valence-corrected chi connectivity index (χ0v) is 11.4. The first kappa shape index (κ1) is 14.2. The number of nitro groups is 1. The van der Waals surface area contributed by atoms with Crippen molar-refractivity contribution in [3.05, 3.63) is 38.6 Å². The molecule has 0 saturated carbocycles. The Balaban J connectivity index is 2.39. The average Bonchev–Trinajstić information content (AvgIpc) is 2.40. The quantitative estimate of drug-likeness (QED) is 0.631. The molecule has 2 rings (SSSR count). The molecular weight excluding hydrogens is 311 g/mol. The summed E-state index contributed by atoms with van der Waals surface area (Å²) in [6.45, 7) is 0. The molecule has 2 aromatic rings. The minimum absolute atomic E-state index is 0.0726. The van der Waals surface area contributed by atoms with Gasteiger partial charge in [0.1, 0.15) is 0 Å². The molecule has 0 aliphatic rings. The summed E-state index contributed by atoms with van der Waals surface area (Å²) in [5.41, 5.74) is -0.326. The normalized spacial score (nSPS) is 10.2. The molecule has 0 N–H and O–H groups in total. The number of rotatable bonds is 4. The van der Waals surface area contributed by atoms with Gasteiger partial charge in [0.25, 0.3) is 0 Å². The molecule has 104 valence electrons. The van der Waals surface area contributed by atoms with E-state index in [1.165, 1.54) is 19.2 Å². The molecule has 0 fully saturated rings. The Morgan fingerprint density at radius 1 is 1.20 bits per heavy atom. The van der Waals surface area contributed by atoms with Crippen molar-refractivity contribution in [2.75, 3.05) is 7.11 Å². The van der Waals surface area contributed by atoms with Crippen LogP contribution in [-0.4, -0.2) is 27.0 Å². The molecule has 0 aliphatic carbocycles. The van der Waals surface area contributed by atoms with Crippen LogP contribution in [0.15, 0.2) is 18.2 Å². The number of hydrogen-bond donors (Lipinski definition) is 0. The Morgan fingerprint density at radius 2 is 1.90 bits per heavy atom. The third-order valence-corrected chi connectivity index (χ3v) is 2.47. The van der Waals surface area contributed by atoms with Gasteiger partial charge in [-0.15, -0.1) is 4.98 Å². The van der Waals surface area contributed by atoms with Gasteiger partial charge in [-0.25, -0.2) is 0 Å². The van der Waals surface area contributed by atoms with Crippen molar-refractivity contribution in [1.82, 2.24) is 15.0 Å². The van der Waals surface area contributed by atoms with Crippen LogP contribution in [-0.2, 0) is 0 Å². The summed E-state index contributed by atoms with van der Waals surface area (Å²) in [7, 11) is 1.33. The van der Waals surface area contributed by atoms with Crippen molar-refractivity contribution in [3.63, 3.8) is 0 Å². The van der Waals surface area contributed by atoms with Crippen LogP contribution in [0.5, 0.6) is 17.8 Å². The SMILES string of the molecule is COc1nc(Cl)nc(Oc2ccc(Cl)cc2[N+](=O)[O-])n1. The van der Waals surface area contributed by atoms with Gasteiger partial charge in [-0.1, -0.05) is 11.6 Å². The van der Waals surface area contributed by atoms with Crippen LogP contribution in [0.2, 0.25) is 10.3 Å². The molecule has 8 nitrogen and oxygen atoms in total. The van der Waals surface area contributed by atoms with E-state index in [4.69, 9.17) is 32.7 Å². The first-order chi connectivity index (χ1) is 9.49. The highest BCUT2D eigenvalue weighted by Gasteiger charge is 2.18. The molecule has 1 aromatic carbocycles. The van der Waals surface area contributed by atoms with E-state index < -0.39 is 4.92 Å². The number of hydrogen-bond acceptors (Lipinski definition) is 7. The van der Waals surface area contributed by atoms with E-state index in [1.807, 2.05) is 0 Å². The summed E-state index contributed by atoms with van der Waals surface area (Å²) in [5, 5.41) is 11.0. The van der Waals surface area contributed by atoms with Gasteiger partial charge in [0, 0.05) is 11.1 Å². The first-order valence-electron chi connectivity index (χ1n) is 5.07. The average molecular weight is 317 g/mol. The van der Waals surface area contributed by atoms with Gasteiger partial charge in [-0.2, -0.15) is 9.97 Å². The number of aromatic nitrogens is 3. The summed E-state index contributed by atoms with van der Waals surface area (Å²) in [6, 6.07) is 3.61. The minimum Gasteiger partial charge on any atom is -0.467 e. The van der Waals surface area contributed by atoms with Crippen molar-refractivity contribution < 1.29 is 14.4 Å². The fraction of sp³-hybridized carbons (Fsp3) is 0.100. The number of benzene rings is 1. The predicted octanol–water partition coefficient (Wildman–Crippen LogP) is 2.89. The number of ether oxygens (including phenoxy) is 2. The molecular formula is C10H6Cl2N4O4. The summed E-state index contributed by atoms with van der Waals surface area (Å²) in [5.74, 6) is -0.0799. The number of methoxy groups -OCH3 is 1. The van der Waals surface area contributed by atoms with Gasteiger partial charge < -0.3 is 9.47 Å². The Morgan fingerprint density at radius 3 is 2.55 bits per heavy atom. The van der Waals surface area contributed by atoms with Gasteiger partial charge in [-0.05, 0) is 23.7 Å². The maximum atomic E-state index is 10.9. The molecule has 0 unspecified atom stereocenters. The first-order valence-corrected chi connectivity index (χ1v) is 5.82. The molecule has 0 radical (unpaired) electrons. The van der Waals surface area contributed by atoms with Gasteiger partial charge >= 0.3 is 17.7 Å². The van der Waals surface area contributed by atoms with Crippen molar-refractivity contribution >= 4 is 28.9 Å². The molecule has 0 spiro atoms. The highest BCUT2D eigenvalue weighted by Crippen LogP contribution is 2.32. The monoisotopic (exact) mass is 316 g/mol. The van der Waals surface area contributed by atoms with E-state index >= 15 is 0 Å². The number of nitro benzene ring substituents is 1. The summed E-state index contributed by atoms with van der Waals surface area (Å²) < 4.78 is 10.0. The van der Waals surface area contributed by atoms with Crippen molar-refractivity contribution in [1.29, 1.82) is 0 Å². The summed E-state index contributed by atoms with van der Waals surface area (Å²) >= 11 is 11.3. The molecule has 0 amide bonds. The van der Waals surface area contributed by atoms with Crippen LogP contribution in [0.3, 0.4) is 0 Å². The minimum atomic E-state index is -0.638.